The van der Waals surface area contributed by atoms with Crippen LogP contribution in [-0.2, 0) is 13.0 Å². The molecule has 1 aliphatic heterocycles. The number of hydrogen-bond donors (Lipinski definition) is 2. The SMILES string of the molecule is CCCNC(=NCC(c1ccco1)N1CCCCC1)NCCn1cnnc1CC.I. The topological polar surface area (TPSA) is 83.5 Å². The van der Waals surface area contributed by atoms with Crippen molar-refractivity contribution in [1.82, 2.24) is 30.3 Å². The number of rotatable bonds is 10. The minimum atomic E-state index is 0. The highest BCUT2D eigenvalue weighted by Crippen LogP contribution is 2.25. The zero-order valence-electron chi connectivity index (χ0n) is 18.2. The van der Waals surface area contributed by atoms with Gasteiger partial charge in [-0.2, -0.15) is 0 Å². The minimum absolute atomic E-state index is 0. The molecule has 0 bridgehead atoms. The zero-order valence-corrected chi connectivity index (χ0v) is 20.5. The minimum Gasteiger partial charge on any atom is -0.468 e. The number of piperidine rings is 1. The van der Waals surface area contributed by atoms with Gasteiger partial charge in [-0.25, -0.2) is 0 Å². The smallest absolute Gasteiger partial charge is 0.191 e. The number of hydrogen-bond acceptors (Lipinski definition) is 5. The lowest BCUT2D eigenvalue weighted by Gasteiger charge is -2.32. The number of aliphatic imine (C=N–C) groups is 1. The fourth-order valence-corrected chi connectivity index (χ4v) is 3.73. The summed E-state index contributed by atoms with van der Waals surface area (Å²) in [6.07, 6.45) is 9.31. The Morgan fingerprint density at radius 1 is 1.20 bits per heavy atom. The van der Waals surface area contributed by atoms with E-state index in [4.69, 9.17) is 9.41 Å². The maximum Gasteiger partial charge on any atom is 0.191 e. The van der Waals surface area contributed by atoms with Crippen molar-refractivity contribution < 1.29 is 4.42 Å². The zero-order chi connectivity index (χ0) is 20.3. The van der Waals surface area contributed by atoms with Crippen LogP contribution in [0.4, 0.5) is 0 Å². The molecule has 0 spiro atoms. The summed E-state index contributed by atoms with van der Waals surface area (Å²) in [5, 5.41) is 15.0. The standard InChI is InChI=1S/C21H35N7O.HI/c1-3-10-22-21(23-11-14-28-17-25-26-20(28)4-2)24-16-18(19-9-8-15-29-19)27-12-6-5-7-13-27;/h8-9,15,17-18H,3-7,10-14,16H2,1-2H3,(H2,22,23,24);1H. The molecular weight excluding hydrogens is 493 g/mol. The summed E-state index contributed by atoms with van der Waals surface area (Å²) in [5.41, 5.74) is 0. The van der Waals surface area contributed by atoms with E-state index in [1.807, 2.05) is 6.07 Å². The Morgan fingerprint density at radius 2 is 2.00 bits per heavy atom. The van der Waals surface area contributed by atoms with Gasteiger partial charge < -0.3 is 19.6 Å². The summed E-state index contributed by atoms with van der Waals surface area (Å²) in [5.74, 6) is 2.86. The van der Waals surface area contributed by atoms with Gasteiger partial charge in [0.25, 0.3) is 0 Å². The van der Waals surface area contributed by atoms with Crippen molar-refractivity contribution >= 4 is 29.9 Å². The quantitative estimate of drug-likeness (QED) is 0.280. The van der Waals surface area contributed by atoms with Crippen LogP contribution >= 0.6 is 24.0 Å². The van der Waals surface area contributed by atoms with Gasteiger partial charge in [-0.05, 0) is 44.5 Å². The van der Waals surface area contributed by atoms with Gasteiger partial charge in [0.2, 0.25) is 0 Å². The molecule has 3 rings (SSSR count). The summed E-state index contributed by atoms with van der Waals surface area (Å²) in [4.78, 5) is 7.41. The van der Waals surface area contributed by atoms with Crippen molar-refractivity contribution in [1.29, 1.82) is 0 Å². The van der Waals surface area contributed by atoms with Crippen LogP contribution in [0.15, 0.2) is 34.1 Å². The van der Waals surface area contributed by atoms with E-state index >= 15 is 0 Å². The fourth-order valence-electron chi connectivity index (χ4n) is 3.73. The van der Waals surface area contributed by atoms with Gasteiger partial charge in [-0.15, -0.1) is 34.2 Å². The maximum absolute atomic E-state index is 5.75. The third-order valence-electron chi connectivity index (χ3n) is 5.32. The van der Waals surface area contributed by atoms with Gasteiger partial charge in [0, 0.05) is 26.1 Å². The van der Waals surface area contributed by atoms with Gasteiger partial charge in [0.15, 0.2) is 5.96 Å². The predicted molar refractivity (Wildman–Crippen MR) is 130 cm³/mol. The number of nitrogens with zero attached hydrogens (tertiary/aromatic N) is 5. The van der Waals surface area contributed by atoms with Crippen molar-refractivity contribution in [3.05, 3.63) is 36.3 Å². The lowest BCUT2D eigenvalue weighted by atomic mass is 10.1. The highest BCUT2D eigenvalue weighted by atomic mass is 127. The molecule has 2 aromatic heterocycles. The molecule has 0 radical (unpaired) electrons. The van der Waals surface area contributed by atoms with Gasteiger partial charge in [0.1, 0.15) is 17.9 Å². The predicted octanol–water partition coefficient (Wildman–Crippen LogP) is 3.22. The van der Waals surface area contributed by atoms with Crippen molar-refractivity contribution in [2.75, 3.05) is 32.7 Å². The Balaban J connectivity index is 0.00000320. The maximum atomic E-state index is 5.75. The van der Waals surface area contributed by atoms with E-state index in [-0.39, 0.29) is 30.0 Å². The van der Waals surface area contributed by atoms with E-state index < -0.39 is 0 Å². The first-order valence-electron chi connectivity index (χ1n) is 11.0. The Labute approximate surface area is 196 Å². The largest absolute Gasteiger partial charge is 0.468 e. The van der Waals surface area contributed by atoms with Gasteiger partial charge in [0.05, 0.1) is 18.8 Å². The molecule has 30 heavy (non-hydrogen) atoms. The molecule has 1 unspecified atom stereocenters. The summed E-state index contributed by atoms with van der Waals surface area (Å²) in [6, 6.07) is 4.23. The van der Waals surface area contributed by atoms with E-state index in [1.54, 1.807) is 12.6 Å². The molecule has 8 nitrogen and oxygen atoms in total. The van der Waals surface area contributed by atoms with Crippen molar-refractivity contribution in [2.24, 2.45) is 4.99 Å². The van der Waals surface area contributed by atoms with E-state index in [9.17, 15) is 0 Å². The lowest BCUT2D eigenvalue weighted by Crippen LogP contribution is -2.41. The number of aromatic nitrogens is 3. The molecule has 1 fully saturated rings. The van der Waals surface area contributed by atoms with Crippen molar-refractivity contribution in [2.45, 2.75) is 58.5 Å². The molecule has 0 saturated carbocycles. The molecule has 0 aromatic carbocycles. The first-order valence-corrected chi connectivity index (χ1v) is 11.0. The molecule has 168 valence electrons. The molecule has 9 heteroatoms. The number of nitrogens with one attached hydrogen (secondary N) is 2. The molecule has 3 heterocycles. The number of guanidine groups is 1. The van der Waals surface area contributed by atoms with Crippen LogP contribution in [0.1, 0.15) is 57.2 Å². The third-order valence-corrected chi connectivity index (χ3v) is 5.32. The Hall–Kier alpha value is -1.62. The monoisotopic (exact) mass is 529 g/mol. The molecule has 1 aliphatic rings. The first kappa shape index (κ1) is 24.6. The van der Waals surface area contributed by atoms with Crippen LogP contribution in [0.25, 0.3) is 0 Å². The second-order valence-electron chi connectivity index (χ2n) is 7.46. The van der Waals surface area contributed by atoms with Gasteiger partial charge in [-0.3, -0.25) is 9.89 Å². The number of furan rings is 1. The van der Waals surface area contributed by atoms with Crippen LogP contribution in [-0.4, -0.2) is 58.3 Å². The van der Waals surface area contributed by atoms with E-state index in [1.165, 1.54) is 19.3 Å². The van der Waals surface area contributed by atoms with E-state index in [2.05, 4.69) is 50.2 Å². The Morgan fingerprint density at radius 3 is 2.70 bits per heavy atom. The van der Waals surface area contributed by atoms with Crippen LogP contribution in [0.3, 0.4) is 0 Å². The van der Waals surface area contributed by atoms with Crippen LogP contribution < -0.4 is 10.6 Å². The van der Waals surface area contributed by atoms with Gasteiger partial charge in [-0.1, -0.05) is 20.3 Å². The van der Waals surface area contributed by atoms with Gasteiger partial charge >= 0.3 is 0 Å². The second kappa shape index (κ2) is 13.6. The lowest BCUT2D eigenvalue weighted by molar-refractivity contribution is 0.150. The molecule has 2 aromatic rings. The fraction of sp³-hybridized carbons (Fsp3) is 0.667. The molecule has 0 amide bonds. The van der Waals surface area contributed by atoms with Crippen LogP contribution in [0, 0.1) is 0 Å². The summed E-state index contributed by atoms with van der Waals surface area (Å²) >= 11 is 0. The second-order valence-corrected chi connectivity index (χ2v) is 7.46. The molecular formula is C21H36IN7O. The molecule has 1 atom stereocenters. The average Bonchev–Trinajstić information content (AvgIpc) is 3.44. The molecule has 1 saturated heterocycles. The average molecular weight is 529 g/mol. The Bertz CT molecular complexity index is 726. The number of aryl methyl sites for hydroxylation is 1. The molecule has 2 N–H and O–H groups in total. The normalized spacial score (nSPS) is 16.1. The Kier molecular flexibility index (Phi) is 11.2. The first-order chi connectivity index (χ1) is 14.3. The van der Waals surface area contributed by atoms with Crippen LogP contribution in [0.2, 0.25) is 0 Å². The highest BCUT2D eigenvalue weighted by molar-refractivity contribution is 14.0. The molecule has 0 aliphatic carbocycles. The third kappa shape index (κ3) is 7.26. The van der Waals surface area contributed by atoms with E-state index in [0.717, 1.165) is 63.1 Å². The van der Waals surface area contributed by atoms with Crippen LogP contribution in [0.5, 0.6) is 0 Å². The van der Waals surface area contributed by atoms with E-state index in [0.29, 0.717) is 6.54 Å². The number of likely N-dealkylation sites (tertiary alicyclic amines) is 1. The highest BCUT2D eigenvalue weighted by Gasteiger charge is 2.24. The van der Waals surface area contributed by atoms with Crippen molar-refractivity contribution in [3.8, 4) is 0 Å². The van der Waals surface area contributed by atoms with Crippen molar-refractivity contribution in [3.63, 3.8) is 0 Å². The summed E-state index contributed by atoms with van der Waals surface area (Å²) < 4.78 is 7.84. The number of halogens is 1. The summed E-state index contributed by atoms with van der Waals surface area (Å²) in [7, 11) is 0. The summed E-state index contributed by atoms with van der Waals surface area (Å²) in [6.45, 7) is 9.65.